The summed E-state index contributed by atoms with van der Waals surface area (Å²) >= 11 is 0. The molecule has 48 valence electrons. The van der Waals surface area contributed by atoms with Gasteiger partial charge in [-0.3, -0.25) is 16.7 Å². The highest BCUT2D eigenvalue weighted by Crippen LogP contribution is 1.56. The summed E-state index contributed by atoms with van der Waals surface area (Å²) in [6.45, 7) is 0. The molecule has 0 unspecified atom stereocenters. The number of amides is 2. The Morgan fingerprint density at radius 1 is 1.75 bits per heavy atom. The van der Waals surface area contributed by atoms with E-state index in [1.54, 1.807) is 0 Å². The van der Waals surface area contributed by atoms with Crippen molar-refractivity contribution in [2.75, 3.05) is 7.05 Å². The molecule has 0 aromatic rings. The summed E-state index contributed by atoms with van der Waals surface area (Å²) in [7, 11) is 1.47. The molecule has 0 rings (SSSR count). The molecule has 2 amide bonds. The van der Waals surface area contributed by atoms with Crippen molar-refractivity contribution in [2.24, 2.45) is 11.7 Å². The van der Waals surface area contributed by atoms with E-state index >= 15 is 0 Å². The number of hydrogen-bond acceptors (Lipinski definition) is 4. The van der Waals surface area contributed by atoms with Crippen LogP contribution in [0.3, 0.4) is 0 Å². The zero-order chi connectivity index (χ0) is 6.57. The lowest BCUT2D eigenvalue weighted by Crippen LogP contribution is -2.50. The third-order valence-electron chi connectivity index (χ3n) is 0.409. The van der Waals surface area contributed by atoms with Crippen LogP contribution in [-0.2, 0) is 0 Å². The Morgan fingerprint density at radius 2 is 2.25 bits per heavy atom. The van der Waals surface area contributed by atoms with E-state index in [4.69, 9.17) is 5.84 Å². The first-order chi connectivity index (χ1) is 3.66. The average Bonchev–Trinajstić information content (AvgIpc) is 1.65. The first-order valence-corrected chi connectivity index (χ1v) is 1.92. The maximum Gasteiger partial charge on any atom is 0.344 e. The molecule has 0 aliphatic heterocycles. The maximum atomic E-state index is 10.2. The summed E-state index contributed by atoms with van der Waals surface area (Å²) in [6.07, 6.45) is 0. The van der Waals surface area contributed by atoms with Crippen molar-refractivity contribution in [1.82, 2.24) is 16.0 Å². The summed E-state index contributed by atoms with van der Waals surface area (Å²) in [5.41, 5.74) is 3.95. The molecular weight excluding hydrogens is 110 g/mol. The Morgan fingerprint density at radius 3 is 2.38 bits per heavy atom. The van der Waals surface area contributed by atoms with Gasteiger partial charge in [-0.1, -0.05) is 0 Å². The van der Waals surface area contributed by atoms with Crippen molar-refractivity contribution < 1.29 is 4.79 Å². The van der Waals surface area contributed by atoms with Gasteiger partial charge in [0.25, 0.3) is 0 Å². The minimum Gasteiger partial charge on any atom is -0.275 e. The van der Waals surface area contributed by atoms with Gasteiger partial charge in [-0.05, 0) is 0 Å². The van der Waals surface area contributed by atoms with Crippen LogP contribution in [0, 0.1) is 0 Å². The maximum absolute atomic E-state index is 10.2. The topological polar surface area (TPSA) is 96.4 Å². The molecule has 6 heteroatoms. The highest BCUT2D eigenvalue weighted by molar-refractivity contribution is 5.72. The highest BCUT2D eigenvalue weighted by Gasteiger charge is 1.93. The van der Waals surface area contributed by atoms with Gasteiger partial charge in [-0.25, -0.2) is 10.6 Å². The number of urea groups is 1. The van der Waals surface area contributed by atoms with E-state index < -0.39 is 6.03 Å². The number of nitrogens with zero attached hydrogens (tertiary/aromatic N) is 1. The Hall–Kier alpha value is -0.850. The monoisotopic (exact) mass is 119 g/mol. The number of hydrazine groups is 3. The molecule has 8 heavy (non-hydrogen) atoms. The lowest BCUT2D eigenvalue weighted by molar-refractivity contribution is 0.200. The fraction of sp³-hybridized carbons (Fsp3) is 0.500. The first-order valence-electron chi connectivity index (χ1n) is 1.92. The van der Waals surface area contributed by atoms with Crippen molar-refractivity contribution in [3.05, 3.63) is 0 Å². The molecule has 0 atom stereocenters. The van der Waals surface area contributed by atoms with Gasteiger partial charge in [0.2, 0.25) is 0 Å². The van der Waals surface area contributed by atoms with Crippen LogP contribution in [-0.4, -0.2) is 18.2 Å². The fourth-order valence-corrected chi connectivity index (χ4v) is 0.192. The van der Waals surface area contributed by atoms with E-state index in [1.807, 2.05) is 5.43 Å². The number of hydrogen-bond donors (Lipinski definition) is 4. The zero-order valence-corrected chi connectivity index (χ0v) is 4.51. The largest absolute Gasteiger partial charge is 0.344 e. The summed E-state index contributed by atoms with van der Waals surface area (Å²) in [4.78, 5) is 10.2. The van der Waals surface area contributed by atoms with Gasteiger partial charge in [0.1, 0.15) is 0 Å². The predicted molar refractivity (Wildman–Crippen MR) is 27.8 cm³/mol. The minimum absolute atomic E-state index is 0.546. The van der Waals surface area contributed by atoms with Crippen molar-refractivity contribution in [3.8, 4) is 0 Å². The number of carbonyl (C=O) groups is 1. The molecule has 6 nitrogen and oxygen atoms in total. The number of rotatable bonds is 1. The second-order valence-corrected chi connectivity index (χ2v) is 1.20. The molecule has 0 heterocycles. The summed E-state index contributed by atoms with van der Waals surface area (Å²) < 4.78 is 0. The number of nitrogens with two attached hydrogens (primary N) is 2. The van der Waals surface area contributed by atoms with Crippen LogP contribution >= 0.6 is 0 Å². The Kier molecular flexibility index (Phi) is 2.85. The van der Waals surface area contributed by atoms with Gasteiger partial charge in [-0.15, -0.1) is 0 Å². The fourth-order valence-electron chi connectivity index (χ4n) is 0.192. The van der Waals surface area contributed by atoms with Crippen molar-refractivity contribution in [1.29, 1.82) is 0 Å². The van der Waals surface area contributed by atoms with E-state index in [2.05, 4.69) is 11.3 Å². The van der Waals surface area contributed by atoms with Crippen LogP contribution in [0.5, 0.6) is 0 Å². The van der Waals surface area contributed by atoms with Crippen molar-refractivity contribution in [2.45, 2.75) is 0 Å². The van der Waals surface area contributed by atoms with Crippen LogP contribution in [0.15, 0.2) is 0 Å². The van der Waals surface area contributed by atoms with Gasteiger partial charge in [-0.2, -0.15) is 5.12 Å². The van der Waals surface area contributed by atoms with Crippen LogP contribution in [0.2, 0.25) is 0 Å². The Bertz CT molecular complexity index is 80.5. The van der Waals surface area contributed by atoms with E-state index in [1.165, 1.54) is 7.05 Å². The molecular formula is C2H9N5O. The molecule has 0 aromatic carbocycles. The van der Waals surface area contributed by atoms with Gasteiger partial charge < -0.3 is 0 Å². The molecule has 0 aromatic heterocycles. The van der Waals surface area contributed by atoms with E-state index in [9.17, 15) is 4.79 Å². The second-order valence-electron chi connectivity index (χ2n) is 1.20. The number of nitrogens with one attached hydrogen (secondary N) is 2. The van der Waals surface area contributed by atoms with Crippen LogP contribution in [0.1, 0.15) is 0 Å². The van der Waals surface area contributed by atoms with E-state index in [-0.39, 0.29) is 0 Å². The lowest BCUT2D eigenvalue weighted by atomic mass is 11.1. The molecule has 0 aliphatic carbocycles. The van der Waals surface area contributed by atoms with Gasteiger partial charge >= 0.3 is 6.03 Å². The summed E-state index contributed by atoms with van der Waals surface area (Å²) in [5.74, 6) is 9.65. The predicted octanol–water partition coefficient (Wildman–Crippen LogP) is -2.12. The lowest BCUT2D eigenvalue weighted by Gasteiger charge is -2.09. The molecule has 6 N–H and O–H groups in total. The van der Waals surface area contributed by atoms with Crippen molar-refractivity contribution in [3.63, 3.8) is 0 Å². The Balaban J connectivity index is 3.25. The third-order valence-corrected chi connectivity index (χ3v) is 0.409. The Labute approximate surface area is 46.7 Å². The van der Waals surface area contributed by atoms with Crippen molar-refractivity contribution >= 4 is 6.03 Å². The molecule has 0 saturated heterocycles. The molecule has 0 fully saturated rings. The molecule has 0 spiro atoms. The zero-order valence-electron chi connectivity index (χ0n) is 4.51. The van der Waals surface area contributed by atoms with Gasteiger partial charge in [0.15, 0.2) is 0 Å². The van der Waals surface area contributed by atoms with Gasteiger partial charge in [0.05, 0.1) is 0 Å². The smallest absolute Gasteiger partial charge is 0.275 e. The first kappa shape index (κ1) is 7.15. The number of carbonyl (C=O) groups excluding carboxylic acids is 1. The second kappa shape index (κ2) is 3.19. The van der Waals surface area contributed by atoms with Gasteiger partial charge in [0, 0.05) is 7.05 Å². The molecule has 0 radical (unpaired) electrons. The van der Waals surface area contributed by atoms with Crippen LogP contribution < -0.4 is 22.5 Å². The SMILES string of the molecule is CN(N)NC(=O)NN. The third kappa shape index (κ3) is 3.34. The summed E-state index contributed by atoms with van der Waals surface area (Å²) in [6, 6.07) is -0.546. The molecule has 0 saturated carbocycles. The summed E-state index contributed by atoms with van der Waals surface area (Å²) in [5, 5.41) is 0.988. The van der Waals surface area contributed by atoms with Crippen LogP contribution in [0.4, 0.5) is 4.79 Å². The van der Waals surface area contributed by atoms with E-state index in [0.29, 0.717) is 0 Å². The average molecular weight is 119 g/mol. The molecule has 0 aliphatic rings. The van der Waals surface area contributed by atoms with E-state index in [0.717, 1.165) is 5.12 Å². The molecule has 0 bridgehead atoms. The highest BCUT2D eigenvalue weighted by atomic mass is 16.2. The normalized spacial score (nSPS) is 9.00. The quantitative estimate of drug-likeness (QED) is 0.180. The minimum atomic E-state index is -0.546. The standard InChI is InChI=1S/C2H9N5O/c1-7(4)6-2(8)5-3/h3-4H2,1H3,(H2,5,6,8). The van der Waals surface area contributed by atoms with Crippen LogP contribution in [0.25, 0.3) is 0 Å².